The molecule has 1 saturated heterocycles. The number of benzene rings is 2. The second kappa shape index (κ2) is 9.65. The van der Waals surface area contributed by atoms with E-state index in [1.807, 2.05) is 30.3 Å². The minimum absolute atomic E-state index is 0.0381. The molecule has 1 heterocycles. The Hall–Kier alpha value is -2.71. The van der Waals surface area contributed by atoms with Gasteiger partial charge in [0.05, 0.1) is 10.8 Å². The highest BCUT2D eigenvalue weighted by Gasteiger charge is 2.44. The molecule has 1 aliphatic carbocycles. The predicted molar refractivity (Wildman–Crippen MR) is 124 cm³/mol. The smallest absolute Gasteiger partial charge is 0.311 e. The number of ether oxygens (including phenoxy) is 1. The summed E-state index contributed by atoms with van der Waals surface area (Å²) in [7, 11) is -3.76. The first-order valence-electron chi connectivity index (χ1n) is 11.5. The van der Waals surface area contributed by atoms with Crippen molar-refractivity contribution in [3.8, 4) is 11.1 Å². The van der Waals surface area contributed by atoms with Gasteiger partial charge in [-0.2, -0.15) is 4.31 Å². The van der Waals surface area contributed by atoms with Crippen LogP contribution in [0.2, 0.25) is 0 Å². The molecule has 2 aromatic rings. The van der Waals surface area contributed by atoms with Crippen LogP contribution in [0, 0.1) is 5.92 Å². The standard InChI is InChI=1S/C25H30N2O5S/c26-24(29)25(15-5-2-6-16-25)32-23(28)21-10-7-17-27(18-21)33(30,31)22-13-11-20(12-14-22)19-8-3-1-4-9-19/h1,3-4,8-9,11-14,21H,2,5-7,10,15-18H2,(H2,26,29). The number of amides is 1. The van der Waals surface area contributed by atoms with Gasteiger partial charge in [0.15, 0.2) is 5.60 Å². The molecule has 4 rings (SSSR count). The number of hydrogen-bond donors (Lipinski definition) is 1. The Morgan fingerprint density at radius 2 is 1.55 bits per heavy atom. The summed E-state index contributed by atoms with van der Waals surface area (Å²) < 4.78 is 33.5. The normalized spacial score (nSPS) is 21.3. The highest BCUT2D eigenvalue weighted by molar-refractivity contribution is 7.89. The van der Waals surface area contributed by atoms with Gasteiger partial charge in [0.2, 0.25) is 10.0 Å². The van der Waals surface area contributed by atoms with Crippen LogP contribution < -0.4 is 5.73 Å². The number of rotatable bonds is 6. The molecule has 8 heteroatoms. The van der Waals surface area contributed by atoms with Crippen LogP contribution in [0.4, 0.5) is 0 Å². The van der Waals surface area contributed by atoms with E-state index >= 15 is 0 Å². The number of nitrogens with zero attached hydrogens (tertiary/aromatic N) is 1. The van der Waals surface area contributed by atoms with E-state index in [1.54, 1.807) is 24.3 Å². The Labute approximate surface area is 195 Å². The van der Waals surface area contributed by atoms with Crippen LogP contribution in [0.5, 0.6) is 0 Å². The Morgan fingerprint density at radius 1 is 0.909 bits per heavy atom. The second-order valence-electron chi connectivity index (χ2n) is 8.93. The SMILES string of the molecule is NC(=O)C1(OC(=O)C2CCCN(S(=O)(=O)c3ccc(-c4ccccc4)cc3)C2)CCCCC1. The van der Waals surface area contributed by atoms with E-state index in [4.69, 9.17) is 10.5 Å². The summed E-state index contributed by atoms with van der Waals surface area (Å²) in [5.74, 6) is -1.76. The lowest BCUT2D eigenvalue weighted by Gasteiger charge is -2.36. The van der Waals surface area contributed by atoms with Crippen LogP contribution in [-0.2, 0) is 24.3 Å². The van der Waals surface area contributed by atoms with Gasteiger partial charge in [-0.15, -0.1) is 0 Å². The van der Waals surface area contributed by atoms with Crippen molar-refractivity contribution in [3.63, 3.8) is 0 Å². The third-order valence-electron chi connectivity index (χ3n) is 6.72. The molecule has 1 aliphatic heterocycles. The van der Waals surface area contributed by atoms with Crippen LogP contribution in [0.15, 0.2) is 59.5 Å². The average Bonchev–Trinajstić information content (AvgIpc) is 2.85. The summed E-state index contributed by atoms with van der Waals surface area (Å²) in [5.41, 5.74) is 6.26. The minimum atomic E-state index is -3.76. The maximum absolute atomic E-state index is 13.3. The fourth-order valence-corrected chi connectivity index (χ4v) is 6.27. The van der Waals surface area contributed by atoms with Gasteiger partial charge in [-0.25, -0.2) is 8.42 Å². The molecule has 0 bridgehead atoms. The lowest BCUT2D eigenvalue weighted by Crippen LogP contribution is -2.51. The summed E-state index contributed by atoms with van der Waals surface area (Å²) in [6.07, 6.45) is 4.45. The molecule has 0 spiro atoms. The van der Waals surface area contributed by atoms with Crippen LogP contribution in [0.1, 0.15) is 44.9 Å². The molecule has 33 heavy (non-hydrogen) atoms. The molecule has 2 aromatic carbocycles. The van der Waals surface area contributed by atoms with Crippen molar-refractivity contribution in [2.24, 2.45) is 11.7 Å². The zero-order valence-electron chi connectivity index (χ0n) is 18.6. The highest BCUT2D eigenvalue weighted by Crippen LogP contribution is 2.34. The van der Waals surface area contributed by atoms with E-state index in [2.05, 4.69) is 0 Å². The number of carbonyl (C=O) groups is 2. The molecule has 1 saturated carbocycles. The lowest BCUT2D eigenvalue weighted by molar-refractivity contribution is -0.175. The lowest BCUT2D eigenvalue weighted by atomic mass is 9.84. The van der Waals surface area contributed by atoms with E-state index in [-0.39, 0.29) is 11.4 Å². The molecular weight excluding hydrogens is 440 g/mol. The number of nitrogens with two attached hydrogens (primary N) is 1. The molecule has 176 valence electrons. The van der Waals surface area contributed by atoms with Crippen LogP contribution in [-0.4, -0.2) is 43.3 Å². The quantitative estimate of drug-likeness (QED) is 0.651. The van der Waals surface area contributed by atoms with Gasteiger partial charge in [-0.3, -0.25) is 9.59 Å². The van der Waals surface area contributed by atoms with E-state index in [1.165, 1.54) is 4.31 Å². The number of hydrogen-bond acceptors (Lipinski definition) is 5. The molecule has 2 fully saturated rings. The average molecular weight is 471 g/mol. The van der Waals surface area contributed by atoms with Gasteiger partial charge in [0, 0.05) is 13.1 Å². The largest absolute Gasteiger partial charge is 0.449 e. The monoisotopic (exact) mass is 470 g/mol. The third kappa shape index (κ3) is 4.96. The van der Waals surface area contributed by atoms with Crippen molar-refractivity contribution in [1.82, 2.24) is 4.31 Å². The van der Waals surface area contributed by atoms with Gasteiger partial charge in [0.25, 0.3) is 5.91 Å². The Morgan fingerprint density at radius 3 is 2.18 bits per heavy atom. The molecule has 1 unspecified atom stereocenters. The van der Waals surface area contributed by atoms with E-state index in [0.29, 0.717) is 32.2 Å². The van der Waals surface area contributed by atoms with Gasteiger partial charge in [-0.05, 0) is 61.8 Å². The second-order valence-corrected chi connectivity index (χ2v) is 10.9. The van der Waals surface area contributed by atoms with E-state index in [0.717, 1.165) is 30.4 Å². The van der Waals surface area contributed by atoms with Gasteiger partial charge in [-0.1, -0.05) is 48.9 Å². The Kier molecular flexibility index (Phi) is 6.86. The number of sulfonamides is 1. The van der Waals surface area contributed by atoms with Crippen molar-refractivity contribution in [1.29, 1.82) is 0 Å². The number of carbonyl (C=O) groups excluding carboxylic acids is 2. The molecule has 1 amide bonds. The summed E-state index contributed by atoms with van der Waals surface area (Å²) >= 11 is 0. The fourth-order valence-electron chi connectivity index (χ4n) is 4.75. The van der Waals surface area contributed by atoms with E-state index < -0.39 is 33.4 Å². The molecular formula is C25H30N2O5S. The Bertz CT molecular complexity index is 1090. The van der Waals surface area contributed by atoms with Gasteiger partial charge >= 0.3 is 5.97 Å². The fraction of sp³-hybridized carbons (Fsp3) is 0.440. The van der Waals surface area contributed by atoms with Crippen LogP contribution in [0.25, 0.3) is 11.1 Å². The maximum Gasteiger partial charge on any atom is 0.311 e. The van der Waals surface area contributed by atoms with Crippen molar-refractivity contribution >= 4 is 21.9 Å². The van der Waals surface area contributed by atoms with Gasteiger partial charge < -0.3 is 10.5 Å². The topological polar surface area (TPSA) is 107 Å². The Balaban J connectivity index is 1.47. The number of esters is 1. The summed E-state index contributed by atoms with van der Waals surface area (Å²) in [6, 6.07) is 16.5. The summed E-state index contributed by atoms with van der Waals surface area (Å²) in [6.45, 7) is 0.379. The van der Waals surface area contributed by atoms with Crippen molar-refractivity contribution in [2.75, 3.05) is 13.1 Å². The highest BCUT2D eigenvalue weighted by atomic mass is 32.2. The third-order valence-corrected chi connectivity index (χ3v) is 8.60. The zero-order chi connectivity index (χ0) is 23.5. The summed E-state index contributed by atoms with van der Waals surface area (Å²) in [5, 5.41) is 0. The first-order valence-corrected chi connectivity index (χ1v) is 12.9. The predicted octanol–water partition coefficient (Wildman–Crippen LogP) is 3.49. The zero-order valence-corrected chi connectivity index (χ0v) is 19.4. The first-order chi connectivity index (χ1) is 15.8. The number of primary amides is 1. The van der Waals surface area contributed by atoms with Crippen molar-refractivity contribution in [2.45, 2.75) is 55.4 Å². The number of piperidine rings is 1. The van der Waals surface area contributed by atoms with Crippen LogP contribution in [0.3, 0.4) is 0 Å². The van der Waals surface area contributed by atoms with E-state index in [9.17, 15) is 18.0 Å². The van der Waals surface area contributed by atoms with Gasteiger partial charge in [0.1, 0.15) is 0 Å². The van der Waals surface area contributed by atoms with Crippen LogP contribution >= 0.6 is 0 Å². The molecule has 1 atom stereocenters. The maximum atomic E-state index is 13.3. The minimum Gasteiger partial charge on any atom is -0.449 e. The molecule has 2 N–H and O–H groups in total. The molecule has 7 nitrogen and oxygen atoms in total. The van der Waals surface area contributed by atoms with Crippen molar-refractivity contribution < 1.29 is 22.7 Å². The summed E-state index contributed by atoms with van der Waals surface area (Å²) in [4.78, 5) is 25.2. The first kappa shape index (κ1) is 23.4. The van der Waals surface area contributed by atoms with Crippen molar-refractivity contribution in [3.05, 3.63) is 54.6 Å². The molecule has 0 radical (unpaired) electrons. The molecule has 0 aromatic heterocycles. The molecule has 2 aliphatic rings.